The first kappa shape index (κ1) is 14.3. The lowest BCUT2D eigenvalue weighted by molar-refractivity contribution is -0.115. The van der Waals surface area contributed by atoms with Gasteiger partial charge in [-0.15, -0.1) is 0 Å². The third-order valence-corrected chi connectivity index (χ3v) is 4.48. The fraction of sp³-hybridized carbons (Fsp3) is 0.235. The summed E-state index contributed by atoms with van der Waals surface area (Å²) in [6.07, 6.45) is 2.14. The van der Waals surface area contributed by atoms with Gasteiger partial charge in [0.1, 0.15) is 0 Å². The summed E-state index contributed by atoms with van der Waals surface area (Å²) in [5.41, 5.74) is 3.52. The molecule has 0 spiro atoms. The highest BCUT2D eigenvalue weighted by Crippen LogP contribution is 2.30. The number of aryl methyl sites for hydroxylation is 1. The van der Waals surface area contributed by atoms with Crippen LogP contribution in [0.3, 0.4) is 0 Å². The van der Waals surface area contributed by atoms with Crippen molar-refractivity contribution in [2.24, 2.45) is 0 Å². The summed E-state index contributed by atoms with van der Waals surface area (Å²) >= 11 is 3.43. The number of carbonyl (C=O) groups excluding carboxylic acids is 1. The van der Waals surface area contributed by atoms with Crippen LogP contribution >= 0.6 is 15.9 Å². The van der Waals surface area contributed by atoms with Gasteiger partial charge in [-0.2, -0.15) is 0 Å². The molecule has 0 heterocycles. The molecule has 0 aliphatic heterocycles. The summed E-state index contributed by atoms with van der Waals surface area (Å²) in [6.45, 7) is 0.320. The molecule has 0 bridgehead atoms. The Morgan fingerprint density at radius 3 is 2.76 bits per heavy atom. The second kappa shape index (κ2) is 6.41. The van der Waals surface area contributed by atoms with Gasteiger partial charge in [0.2, 0.25) is 5.91 Å². The summed E-state index contributed by atoms with van der Waals surface area (Å²) in [5.74, 6) is -0.0220. The molecule has 2 N–H and O–H groups in total. The van der Waals surface area contributed by atoms with Crippen molar-refractivity contribution in [3.8, 4) is 0 Å². The number of hydrogen-bond acceptors (Lipinski definition) is 2. The topological polar surface area (TPSA) is 41.1 Å². The maximum Gasteiger partial charge on any atom is 0.238 e. The fourth-order valence-corrected chi connectivity index (χ4v) is 3.13. The Labute approximate surface area is 132 Å². The average molecular weight is 345 g/mol. The minimum absolute atomic E-state index is 0.0220. The van der Waals surface area contributed by atoms with Crippen molar-refractivity contribution < 1.29 is 4.79 Å². The second-order valence-corrected chi connectivity index (χ2v) is 6.05. The molecule has 4 heteroatoms. The number of benzene rings is 2. The largest absolute Gasteiger partial charge is 0.324 e. The Balaban J connectivity index is 1.57. The van der Waals surface area contributed by atoms with Crippen LogP contribution in [0.4, 0.5) is 5.69 Å². The van der Waals surface area contributed by atoms with E-state index in [9.17, 15) is 4.79 Å². The molecule has 1 amide bonds. The molecule has 3 rings (SSSR count). The summed E-state index contributed by atoms with van der Waals surface area (Å²) in [7, 11) is 0. The third-order valence-electron chi connectivity index (χ3n) is 3.79. The van der Waals surface area contributed by atoms with E-state index in [0.717, 1.165) is 23.0 Å². The smallest absolute Gasteiger partial charge is 0.238 e. The molecule has 0 radical (unpaired) electrons. The number of amides is 1. The van der Waals surface area contributed by atoms with E-state index in [1.807, 2.05) is 24.3 Å². The Bertz CT molecular complexity index is 657. The van der Waals surface area contributed by atoms with Crippen molar-refractivity contribution in [1.29, 1.82) is 0 Å². The molecule has 21 heavy (non-hydrogen) atoms. The van der Waals surface area contributed by atoms with Crippen molar-refractivity contribution in [2.45, 2.75) is 18.9 Å². The zero-order valence-corrected chi connectivity index (χ0v) is 13.2. The molecular formula is C17H17BrN2O. The van der Waals surface area contributed by atoms with Gasteiger partial charge in [-0.3, -0.25) is 4.79 Å². The molecule has 2 aromatic carbocycles. The fourth-order valence-electron chi connectivity index (χ4n) is 2.74. The van der Waals surface area contributed by atoms with Crippen molar-refractivity contribution >= 4 is 27.5 Å². The third kappa shape index (κ3) is 3.34. The van der Waals surface area contributed by atoms with Crippen LogP contribution in [-0.4, -0.2) is 12.5 Å². The number of fused-ring (bicyclic) bond motifs is 1. The first-order chi connectivity index (χ1) is 10.2. The first-order valence-electron chi connectivity index (χ1n) is 7.09. The first-order valence-corrected chi connectivity index (χ1v) is 7.89. The van der Waals surface area contributed by atoms with E-state index in [2.05, 4.69) is 50.8 Å². The minimum atomic E-state index is -0.0220. The van der Waals surface area contributed by atoms with Gasteiger partial charge in [-0.25, -0.2) is 0 Å². The van der Waals surface area contributed by atoms with Crippen molar-refractivity contribution in [3.05, 3.63) is 64.1 Å². The summed E-state index contributed by atoms with van der Waals surface area (Å²) in [6, 6.07) is 16.3. The van der Waals surface area contributed by atoms with Crippen molar-refractivity contribution in [2.75, 3.05) is 11.9 Å². The number of anilines is 1. The second-order valence-electron chi connectivity index (χ2n) is 5.20. The van der Waals surface area contributed by atoms with E-state index < -0.39 is 0 Å². The van der Waals surface area contributed by atoms with Gasteiger partial charge in [-0.05, 0) is 52.0 Å². The van der Waals surface area contributed by atoms with Crippen molar-refractivity contribution in [3.63, 3.8) is 0 Å². The van der Waals surface area contributed by atoms with Gasteiger partial charge >= 0.3 is 0 Å². The number of rotatable bonds is 4. The van der Waals surface area contributed by atoms with Crippen molar-refractivity contribution in [1.82, 2.24) is 5.32 Å². The molecule has 1 atom stereocenters. The Hall–Kier alpha value is -1.65. The van der Waals surface area contributed by atoms with Gasteiger partial charge in [0.05, 0.1) is 12.2 Å². The molecule has 0 saturated heterocycles. The zero-order chi connectivity index (χ0) is 14.7. The molecule has 1 aliphatic rings. The Morgan fingerprint density at radius 2 is 1.90 bits per heavy atom. The van der Waals surface area contributed by atoms with Gasteiger partial charge in [0.15, 0.2) is 0 Å². The Kier molecular flexibility index (Phi) is 4.36. The van der Waals surface area contributed by atoms with E-state index in [-0.39, 0.29) is 11.9 Å². The lowest BCUT2D eigenvalue weighted by Gasteiger charge is -2.14. The highest BCUT2D eigenvalue weighted by molar-refractivity contribution is 9.10. The maximum atomic E-state index is 12.0. The number of hydrogen-bond donors (Lipinski definition) is 2. The highest BCUT2D eigenvalue weighted by Gasteiger charge is 2.21. The number of halogens is 1. The van der Waals surface area contributed by atoms with Crippen LogP contribution in [0.1, 0.15) is 23.6 Å². The quantitative estimate of drug-likeness (QED) is 0.888. The maximum absolute atomic E-state index is 12.0. The average Bonchev–Trinajstić information content (AvgIpc) is 2.91. The molecule has 0 fully saturated rings. The Morgan fingerprint density at radius 1 is 1.14 bits per heavy atom. The molecule has 108 valence electrons. The van der Waals surface area contributed by atoms with E-state index in [4.69, 9.17) is 0 Å². The lowest BCUT2D eigenvalue weighted by atomic mass is 10.1. The van der Waals surface area contributed by atoms with Crippen LogP contribution in [0.15, 0.2) is 53.0 Å². The van der Waals surface area contributed by atoms with Crippen LogP contribution in [0.25, 0.3) is 0 Å². The van der Waals surface area contributed by atoms with Gasteiger partial charge in [0.25, 0.3) is 0 Å². The SMILES string of the molecule is O=C(CNC1CCc2ccccc21)Nc1ccccc1Br. The van der Waals surface area contributed by atoms with Gasteiger partial charge in [-0.1, -0.05) is 36.4 Å². The summed E-state index contributed by atoms with van der Waals surface area (Å²) in [4.78, 5) is 12.0. The molecule has 1 unspecified atom stereocenters. The van der Waals surface area contributed by atoms with E-state index >= 15 is 0 Å². The number of nitrogens with one attached hydrogen (secondary N) is 2. The van der Waals surface area contributed by atoms with E-state index in [0.29, 0.717) is 6.54 Å². The van der Waals surface area contributed by atoms with Crippen LogP contribution in [0.2, 0.25) is 0 Å². The number of para-hydroxylation sites is 1. The highest BCUT2D eigenvalue weighted by atomic mass is 79.9. The van der Waals surface area contributed by atoms with Gasteiger partial charge in [0, 0.05) is 10.5 Å². The molecule has 0 saturated carbocycles. The predicted octanol–water partition coefficient (Wildman–Crippen LogP) is 3.66. The number of carbonyl (C=O) groups is 1. The van der Waals surface area contributed by atoms with Crippen LogP contribution in [-0.2, 0) is 11.2 Å². The summed E-state index contributed by atoms with van der Waals surface area (Å²) < 4.78 is 0.893. The standard InChI is InChI=1S/C17H17BrN2O/c18-14-7-3-4-8-16(14)20-17(21)11-19-15-10-9-12-5-1-2-6-13(12)15/h1-8,15,19H,9-11H2,(H,20,21). The molecule has 0 aromatic heterocycles. The molecule has 3 nitrogen and oxygen atoms in total. The minimum Gasteiger partial charge on any atom is -0.324 e. The van der Waals surface area contributed by atoms with E-state index in [1.54, 1.807) is 0 Å². The molecule has 2 aromatic rings. The van der Waals surface area contributed by atoms with Crippen LogP contribution in [0, 0.1) is 0 Å². The van der Waals surface area contributed by atoms with Gasteiger partial charge < -0.3 is 10.6 Å². The summed E-state index contributed by atoms with van der Waals surface area (Å²) in [5, 5.41) is 6.26. The van der Waals surface area contributed by atoms with Crippen LogP contribution < -0.4 is 10.6 Å². The zero-order valence-electron chi connectivity index (χ0n) is 11.6. The molecule has 1 aliphatic carbocycles. The normalized spacial score (nSPS) is 16.5. The lowest BCUT2D eigenvalue weighted by Crippen LogP contribution is -2.30. The predicted molar refractivity (Wildman–Crippen MR) is 88.3 cm³/mol. The van der Waals surface area contributed by atoms with Crippen LogP contribution in [0.5, 0.6) is 0 Å². The van der Waals surface area contributed by atoms with E-state index in [1.165, 1.54) is 11.1 Å². The molecular weight excluding hydrogens is 328 g/mol. The monoisotopic (exact) mass is 344 g/mol.